The molecule has 1 aromatic heterocycles. The number of pyridine rings is 1. The number of aliphatic imine (C=N–C) groups is 1. The summed E-state index contributed by atoms with van der Waals surface area (Å²) in [7, 11) is 1.46. The van der Waals surface area contributed by atoms with Crippen LogP contribution in [0.1, 0.15) is 16.9 Å². The Bertz CT molecular complexity index is 1150. The first kappa shape index (κ1) is 21.4. The quantitative estimate of drug-likeness (QED) is 0.694. The molecule has 1 aliphatic carbocycles. The first-order chi connectivity index (χ1) is 16.0. The van der Waals surface area contributed by atoms with Gasteiger partial charge in [0.15, 0.2) is 6.17 Å². The summed E-state index contributed by atoms with van der Waals surface area (Å²) < 4.78 is 35.3. The third-order valence-electron chi connectivity index (χ3n) is 6.31. The number of halogens is 2. The Morgan fingerprint density at radius 3 is 2.76 bits per heavy atom. The van der Waals surface area contributed by atoms with Gasteiger partial charge >= 0.3 is 0 Å². The number of hydrogen-bond acceptors (Lipinski definition) is 6. The van der Waals surface area contributed by atoms with E-state index in [2.05, 4.69) is 20.2 Å². The molecule has 0 radical (unpaired) electrons. The number of nitrogens with one attached hydrogen (secondary N) is 1. The van der Waals surface area contributed by atoms with Crippen molar-refractivity contribution in [1.29, 1.82) is 0 Å². The van der Waals surface area contributed by atoms with Crippen LogP contribution >= 0.6 is 0 Å². The molecule has 5 rings (SSSR count). The van der Waals surface area contributed by atoms with Crippen molar-refractivity contribution >= 4 is 23.2 Å². The summed E-state index contributed by atoms with van der Waals surface area (Å²) in [6.45, 7) is 3.07. The molecule has 4 heterocycles. The summed E-state index contributed by atoms with van der Waals surface area (Å²) in [5.74, 6) is -1.08. The van der Waals surface area contributed by atoms with E-state index < -0.39 is 23.9 Å². The number of ether oxygens (including phenoxy) is 1. The van der Waals surface area contributed by atoms with Gasteiger partial charge in [0.1, 0.15) is 11.5 Å². The van der Waals surface area contributed by atoms with Crippen molar-refractivity contribution in [3.8, 4) is 0 Å². The smallest absolute Gasteiger partial charge is 0.277 e. The zero-order valence-corrected chi connectivity index (χ0v) is 18.1. The molecule has 1 saturated heterocycles. The van der Waals surface area contributed by atoms with E-state index in [1.807, 2.05) is 4.90 Å². The molecule has 3 aliphatic heterocycles. The highest BCUT2D eigenvalue weighted by Gasteiger charge is 2.38. The molecule has 0 spiro atoms. The molecule has 8 nitrogen and oxygen atoms in total. The first-order valence-electron chi connectivity index (χ1n) is 10.9. The average Bonchev–Trinajstić information content (AvgIpc) is 3.32. The van der Waals surface area contributed by atoms with Crippen molar-refractivity contribution in [2.75, 3.05) is 51.3 Å². The molecule has 1 atom stereocenters. The molecule has 0 aromatic carbocycles. The molecule has 172 valence electrons. The monoisotopic (exact) mass is 455 g/mol. The van der Waals surface area contributed by atoms with Gasteiger partial charge in [-0.25, -0.2) is 14.4 Å². The molecule has 33 heavy (non-hydrogen) atoms. The maximum Gasteiger partial charge on any atom is 0.277 e. The lowest BCUT2D eigenvalue weighted by Gasteiger charge is -2.37. The third kappa shape index (κ3) is 3.84. The van der Waals surface area contributed by atoms with Gasteiger partial charge in [-0.2, -0.15) is 4.39 Å². The van der Waals surface area contributed by atoms with E-state index in [4.69, 9.17) is 4.74 Å². The van der Waals surface area contributed by atoms with Gasteiger partial charge in [0, 0.05) is 51.8 Å². The average molecular weight is 455 g/mol. The molecule has 10 heteroatoms. The number of carbonyl (C=O) groups is 2. The standard InChI is InChI=1S/C23H23F2N5O3/c1-26-23(32)16-4-5-17(21(25)27-16)30-9-7-29(8-10-30)12-13-2-3-14-19(18(13)24)28-22(31)15-6-11-33-20(14)15/h2-5,18H,6-12H2,1H3,(H,26,32). The number of piperazine rings is 1. The van der Waals surface area contributed by atoms with Gasteiger partial charge in [-0.15, -0.1) is 0 Å². The molecule has 0 saturated carbocycles. The maximum atomic E-state index is 15.3. The van der Waals surface area contributed by atoms with Gasteiger partial charge in [-0.3, -0.25) is 14.5 Å². The zero-order valence-electron chi connectivity index (χ0n) is 18.1. The predicted molar refractivity (Wildman–Crippen MR) is 117 cm³/mol. The highest BCUT2D eigenvalue weighted by Crippen LogP contribution is 2.36. The van der Waals surface area contributed by atoms with Crippen molar-refractivity contribution in [3.05, 3.63) is 58.4 Å². The Kier molecular flexibility index (Phi) is 5.53. The molecule has 1 unspecified atom stereocenters. The van der Waals surface area contributed by atoms with Crippen LogP contribution in [0.3, 0.4) is 0 Å². The van der Waals surface area contributed by atoms with Crippen LogP contribution in [0, 0.1) is 5.95 Å². The number of hydrogen-bond donors (Lipinski definition) is 1. The summed E-state index contributed by atoms with van der Waals surface area (Å²) in [6.07, 6.45) is 2.56. The predicted octanol–water partition coefficient (Wildman–Crippen LogP) is 1.56. The lowest BCUT2D eigenvalue weighted by atomic mass is 9.89. The van der Waals surface area contributed by atoms with Crippen LogP contribution in [0.5, 0.6) is 0 Å². The van der Waals surface area contributed by atoms with Gasteiger partial charge in [0.25, 0.3) is 11.8 Å². The van der Waals surface area contributed by atoms with Crippen LogP contribution in [-0.4, -0.2) is 80.0 Å². The highest BCUT2D eigenvalue weighted by atomic mass is 19.1. The van der Waals surface area contributed by atoms with Gasteiger partial charge in [-0.05, 0) is 23.8 Å². The summed E-state index contributed by atoms with van der Waals surface area (Å²) in [4.78, 5) is 35.6. The molecule has 1 N–H and O–H groups in total. The largest absolute Gasteiger partial charge is 0.492 e. The lowest BCUT2D eigenvalue weighted by Crippen LogP contribution is -2.48. The Balaban J connectivity index is 1.25. The van der Waals surface area contributed by atoms with Crippen LogP contribution in [0.15, 0.2) is 51.8 Å². The molecule has 4 aliphatic rings. The van der Waals surface area contributed by atoms with Gasteiger partial charge < -0.3 is 15.0 Å². The third-order valence-corrected chi connectivity index (χ3v) is 6.31. The van der Waals surface area contributed by atoms with E-state index in [-0.39, 0.29) is 11.4 Å². The van der Waals surface area contributed by atoms with E-state index in [9.17, 15) is 14.0 Å². The minimum absolute atomic E-state index is 0.0260. The molecule has 2 amide bonds. The van der Waals surface area contributed by atoms with Crippen molar-refractivity contribution in [2.45, 2.75) is 12.6 Å². The topological polar surface area (TPSA) is 87.1 Å². The van der Waals surface area contributed by atoms with Gasteiger partial charge in [0.05, 0.1) is 23.6 Å². The van der Waals surface area contributed by atoms with Crippen LogP contribution in [-0.2, 0) is 9.53 Å². The van der Waals surface area contributed by atoms with Crippen LogP contribution < -0.4 is 10.2 Å². The number of alkyl halides is 1. The Labute approximate surface area is 189 Å². The second kappa shape index (κ2) is 8.51. The SMILES string of the molecule is CNC(=O)c1ccc(N2CCN(CC3=CC=C4C(=NC(=O)C5=C4OCC5)C3F)CC2)c(F)n1. The number of carbonyl (C=O) groups excluding carboxylic acids is 2. The number of nitrogens with zero attached hydrogens (tertiary/aromatic N) is 4. The number of fused-ring (bicyclic) bond motifs is 2. The van der Waals surface area contributed by atoms with Crippen molar-refractivity contribution in [2.24, 2.45) is 4.99 Å². The van der Waals surface area contributed by atoms with Gasteiger partial charge in [0.2, 0.25) is 5.95 Å². The van der Waals surface area contributed by atoms with E-state index >= 15 is 4.39 Å². The van der Waals surface area contributed by atoms with Crippen molar-refractivity contribution in [3.63, 3.8) is 0 Å². The molecule has 0 bridgehead atoms. The van der Waals surface area contributed by atoms with Crippen molar-refractivity contribution in [1.82, 2.24) is 15.2 Å². The Morgan fingerprint density at radius 1 is 1.24 bits per heavy atom. The number of allylic oxidation sites excluding steroid dienone is 3. The van der Waals surface area contributed by atoms with Crippen LogP contribution in [0.2, 0.25) is 0 Å². The first-order valence-corrected chi connectivity index (χ1v) is 10.9. The second-order valence-corrected chi connectivity index (χ2v) is 8.24. The minimum atomic E-state index is -1.47. The molecule has 1 fully saturated rings. The summed E-state index contributed by atoms with van der Waals surface area (Å²) in [6, 6.07) is 3.05. The number of dihydropyridines is 1. The minimum Gasteiger partial charge on any atom is -0.492 e. The summed E-state index contributed by atoms with van der Waals surface area (Å²) in [5, 5.41) is 2.42. The van der Waals surface area contributed by atoms with E-state index in [0.29, 0.717) is 73.9 Å². The van der Waals surface area contributed by atoms with E-state index in [1.54, 1.807) is 18.2 Å². The number of amides is 2. The Morgan fingerprint density at radius 2 is 2.03 bits per heavy atom. The molecule has 1 aromatic rings. The number of aromatic nitrogens is 1. The van der Waals surface area contributed by atoms with Gasteiger partial charge in [-0.1, -0.05) is 6.08 Å². The second-order valence-electron chi connectivity index (χ2n) is 8.24. The number of rotatable bonds is 4. The normalized spacial score (nSPS) is 22.8. The molecular weight excluding hydrogens is 432 g/mol. The van der Waals surface area contributed by atoms with E-state index in [0.717, 1.165) is 0 Å². The fourth-order valence-electron chi connectivity index (χ4n) is 4.51. The van der Waals surface area contributed by atoms with E-state index in [1.165, 1.54) is 13.1 Å². The fourth-order valence-corrected chi connectivity index (χ4v) is 4.51. The Hall–Kier alpha value is -3.40. The summed E-state index contributed by atoms with van der Waals surface area (Å²) in [5.41, 5.74) is 2.11. The number of anilines is 1. The zero-order chi connectivity index (χ0) is 23.1. The van der Waals surface area contributed by atoms with Crippen LogP contribution in [0.25, 0.3) is 0 Å². The van der Waals surface area contributed by atoms with Crippen LogP contribution in [0.4, 0.5) is 14.5 Å². The molecular formula is C23H23F2N5O3. The highest BCUT2D eigenvalue weighted by molar-refractivity contribution is 6.20. The maximum absolute atomic E-state index is 15.3. The fraction of sp³-hybridized carbons (Fsp3) is 0.391. The summed E-state index contributed by atoms with van der Waals surface area (Å²) >= 11 is 0. The van der Waals surface area contributed by atoms with Crippen molar-refractivity contribution < 1.29 is 23.1 Å². The lowest BCUT2D eigenvalue weighted by molar-refractivity contribution is -0.114.